The highest BCUT2D eigenvalue weighted by molar-refractivity contribution is 8.00. The van der Waals surface area contributed by atoms with Gasteiger partial charge in [-0.1, -0.05) is 17.7 Å². The predicted molar refractivity (Wildman–Crippen MR) is 96.9 cm³/mol. The van der Waals surface area contributed by atoms with Gasteiger partial charge in [0.15, 0.2) is 0 Å². The Labute approximate surface area is 144 Å². The molecule has 2 N–H and O–H groups in total. The van der Waals surface area contributed by atoms with Crippen molar-refractivity contribution in [3.8, 4) is 0 Å². The van der Waals surface area contributed by atoms with Crippen LogP contribution in [-0.4, -0.2) is 23.3 Å². The largest absolute Gasteiger partial charge is 0.325 e. The van der Waals surface area contributed by atoms with E-state index in [1.165, 1.54) is 30.0 Å². The number of anilines is 2. The number of carbonyl (C=O) groups excluding carboxylic acids is 2. The molecule has 6 heteroatoms. The zero-order valence-corrected chi connectivity index (χ0v) is 14.4. The molecule has 0 bridgehead atoms. The Morgan fingerprint density at radius 1 is 0.958 bits per heavy atom. The first kappa shape index (κ1) is 18.0. The van der Waals surface area contributed by atoms with Crippen molar-refractivity contribution in [2.24, 2.45) is 0 Å². The third-order valence-corrected chi connectivity index (χ3v) is 4.20. The van der Waals surface area contributed by atoms with Gasteiger partial charge in [0.25, 0.3) is 0 Å². The zero-order valence-electron chi connectivity index (χ0n) is 13.6. The van der Waals surface area contributed by atoms with Crippen molar-refractivity contribution in [2.45, 2.75) is 13.8 Å². The van der Waals surface area contributed by atoms with Crippen molar-refractivity contribution in [3.05, 3.63) is 59.4 Å². The number of halogens is 1. The van der Waals surface area contributed by atoms with Crippen LogP contribution >= 0.6 is 11.8 Å². The lowest BCUT2D eigenvalue weighted by molar-refractivity contribution is -0.114. The van der Waals surface area contributed by atoms with E-state index in [2.05, 4.69) is 10.6 Å². The first-order valence-electron chi connectivity index (χ1n) is 7.44. The molecule has 2 amide bonds. The predicted octanol–water partition coefficient (Wildman–Crippen LogP) is 3.75. The summed E-state index contributed by atoms with van der Waals surface area (Å²) in [4.78, 5) is 23.7. The van der Waals surface area contributed by atoms with Gasteiger partial charge in [0.1, 0.15) is 5.82 Å². The maximum absolute atomic E-state index is 13.0. The Hall–Kier alpha value is -2.34. The van der Waals surface area contributed by atoms with E-state index >= 15 is 0 Å². The van der Waals surface area contributed by atoms with Gasteiger partial charge in [0.2, 0.25) is 11.8 Å². The molecule has 0 radical (unpaired) electrons. The van der Waals surface area contributed by atoms with Crippen molar-refractivity contribution in [2.75, 3.05) is 22.1 Å². The van der Waals surface area contributed by atoms with E-state index in [9.17, 15) is 14.0 Å². The molecule has 0 atom stereocenters. The molecule has 2 aromatic rings. The van der Waals surface area contributed by atoms with Crippen LogP contribution in [0.3, 0.4) is 0 Å². The number of hydrogen-bond acceptors (Lipinski definition) is 3. The van der Waals surface area contributed by atoms with E-state index in [0.717, 1.165) is 11.3 Å². The number of benzene rings is 2. The van der Waals surface area contributed by atoms with Crippen LogP contribution in [0.15, 0.2) is 42.5 Å². The summed E-state index contributed by atoms with van der Waals surface area (Å²) in [6, 6.07) is 11.7. The molecule has 0 aliphatic rings. The van der Waals surface area contributed by atoms with Crippen LogP contribution in [0.25, 0.3) is 0 Å². The monoisotopic (exact) mass is 346 g/mol. The molecule has 0 fully saturated rings. The number of aryl methyl sites for hydroxylation is 2. The number of nitrogens with one attached hydrogen (secondary N) is 2. The molecule has 2 aromatic carbocycles. The summed E-state index contributed by atoms with van der Waals surface area (Å²) in [5, 5.41) is 5.48. The van der Waals surface area contributed by atoms with E-state index < -0.39 is 0 Å². The Morgan fingerprint density at radius 2 is 1.58 bits per heavy atom. The highest BCUT2D eigenvalue weighted by Crippen LogP contribution is 2.16. The summed E-state index contributed by atoms with van der Waals surface area (Å²) in [5.41, 5.74) is 3.09. The normalized spacial score (nSPS) is 10.3. The minimum atomic E-state index is -0.340. The highest BCUT2D eigenvalue weighted by atomic mass is 32.2. The molecule has 0 heterocycles. The summed E-state index contributed by atoms with van der Waals surface area (Å²) in [7, 11) is 0. The molecule has 0 aliphatic carbocycles. The summed E-state index contributed by atoms with van der Waals surface area (Å²) in [5.74, 6) is -0.387. The molecule has 0 aromatic heterocycles. The Morgan fingerprint density at radius 3 is 2.21 bits per heavy atom. The lowest BCUT2D eigenvalue weighted by atomic mass is 10.2. The maximum Gasteiger partial charge on any atom is 0.234 e. The fourth-order valence-electron chi connectivity index (χ4n) is 2.02. The molecular weight excluding hydrogens is 327 g/mol. The van der Waals surface area contributed by atoms with Crippen molar-refractivity contribution in [1.82, 2.24) is 0 Å². The van der Waals surface area contributed by atoms with Crippen LogP contribution in [-0.2, 0) is 9.59 Å². The third kappa shape index (κ3) is 5.70. The quantitative estimate of drug-likeness (QED) is 0.837. The maximum atomic E-state index is 13.0. The number of carbonyl (C=O) groups is 2. The number of amides is 2. The van der Waals surface area contributed by atoms with Gasteiger partial charge in [-0.3, -0.25) is 9.59 Å². The van der Waals surface area contributed by atoms with Gasteiger partial charge >= 0.3 is 0 Å². The van der Waals surface area contributed by atoms with E-state index in [-0.39, 0.29) is 29.1 Å². The molecular formula is C18H19FN2O2S. The first-order chi connectivity index (χ1) is 11.4. The Balaban J connectivity index is 1.73. The molecule has 2 rings (SSSR count). The second kappa shape index (κ2) is 8.49. The fourth-order valence-corrected chi connectivity index (χ4v) is 2.64. The minimum absolute atomic E-state index is 0.151. The molecule has 0 saturated carbocycles. The lowest BCUT2D eigenvalue weighted by Crippen LogP contribution is -2.18. The van der Waals surface area contributed by atoms with Gasteiger partial charge in [0, 0.05) is 11.4 Å². The smallest absolute Gasteiger partial charge is 0.234 e. The van der Waals surface area contributed by atoms with Gasteiger partial charge < -0.3 is 10.6 Å². The molecule has 0 spiro atoms. The molecule has 0 aliphatic heterocycles. The van der Waals surface area contributed by atoms with Crippen molar-refractivity contribution >= 4 is 35.0 Å². The van der Waals surface area contributed by atoms with Gasteiger partial charge in [-0.2, -0.15) is 0 Å². The first-order valence-corrected chi connectivity index (χ1v) is 8.60. The fraction of sp³-hybridized carbons (Fsp3) is 0.222. The van der Waals surface area contributed by atoms with Gasteiger partial charge in [0.05, 0.1) is 11.5 Å². The van der Waals surface area contributed by atoms with Gasteiger partial charge in [-0.05, 0) is 49.7 Å². The SMILES string of the molecule is Cc1ccc(NC(=O)CSCC(=O)Nc2ccc(F)cc2C)cc1. The van der Waals surface area contributed by atoms with Crippen molar-refractivity contribution in [1.29, 1.82) is 0 Å². The van der Waals surface area contributed by atoms with E-state index in [1.54, 1.807) is 6.92 Å². The van der Waals surface area contributed by atoms with E-state index in [1.807, 2.05) is 31.2 Å². The topological polar surface area (TPSA) is 58.2 Å². The third-order valence-electron chi connectivity index (χ3n) is 3.26. The van der Waals surface area contributed by atoms with Crippen molar-refractivity contribution < 1.29 is 14.0 Å². The highest BCUT2D eigenvalue weighted by Gasteiger charge is 2.08. The molecule has 24 heavy (non-hydrogen) atoms. The minimum Gasteiger partial charge on any atom is -0.325 e. The molecule has 126 valence electrons. The second-order valence-electron chi connectivity index (χ2n) is 5.41. The van der Waals surface area contributed by atoms with Gasteiger partial charge in [-0.25, -0.2) is 4.39 Å². The van der Waals surface area contributed by atoms with E-state index in [4.69, 9.17) is 0 Å². The Bertz CT molecular complexity index is 732. The summed E-state index contributed by atoms with van der Waals surface area (Å²) < 4.78 is 13.0. The summed E-state index contributed by atoms with van der Waals surface area (Å²) in [6.45, 7) is 3.70. The van der Waals surface area contributed by atoms with Crippen LogP contribution < -0.4 is 10.6 Å². The van der Waals surface area contributed by atoms with Crippen LogP contribution in [0, 0.1) is 19.7 Å². The number of thioether (sulfide) groups is 1. The van der Waals surface area contributed by atoms with Crippen LogP contribution in [0.1, 0.15) is 11.1 Å². The molecule has 0 saturated heterocycles. The molecule has 0 unspecified atom stereocenters. The standard InChI is InChI=1S/C18H19FN2O2S/c1-12-3-6-15(7-4-12)20-17(22)10-24-11-18(23)21-16-8-5-14(19)9-13(16)2/h3-9H,10-11H2,1-2H3,(H,20,22)(H,21,23). The number of rotatable bonds is 6. The summed E-state index contributed by atoms with van der Waals surface area (Å²) >= 11 is 1.22. The summed E-state index contributed by atoms with van der Waals surface area (Å²) in [6.07, 6.45) is 0. The average Bonchev–Trinajstić information content (AvgIpc) is 2.52. The van der Waals surface area contributed by atoms with E-state index in [0.29, 0.717) is 11.3 Å². The van der Waals surface area contributed by atoms with Crippen LogP contribution in [0.5, 0.6) is 0 Å². The van der Waals surface area contributed by atoms with Gasteiger partial charge in [-0.15, -0.1) is 11.8 Å². The second-order valence-corrected chi connectivity index (χ2v) is 6.40. The average molecular weight is 346 g/mol. The number of hydrogen-bond donors (Lipinski definition) is 2. The van der Waals surface area contributed by atoms with Crippen LogP contribution in [0.4, 0.5) is 15.8 Å². The Kier molecular flexibility index (Phi) is 6.37. The zero-order chi connectivity index (χ0) is 17.5. The molecule has 4 nitrogen and oxygen atoms in total. The van der Waals surface area contributed by atoms with Crippen molar-refractivity contribution in [3.63, 3.8) is 0 Å². The lowest BCUT2D eigenvalue weighted by Gasteiger charge is -2.08. The van der Waals surface area contributed by atoms with Crippen LogP contribution in [0.2, 0.25) is 0 Å².